The first kappa shape index (κ1) is 21.2. The quantitative estimate of drug-likeness (QED) is 0.575. The van der Waals surface area contributed by atoms with Crippen LogP contribution in [0.3, 0.4) is 0 Å². The van der Waals surface area contributed by atoms with E-state index in [1.165, 1.54) is 24.0 Å². The fourth-order valence-electron chi connectivity index (χ4n) is 7.34. The molecule has 0 unspecified atom stereocenters. The number of phenolic OH excluding ortho intramolecular Hbond substituents is 1. The lowest BCUT2D eigenvalue weighted by Crippen LogP contribution is -2.50. The number of aromatic hydroxyl groups is 1. The molecule has 1 N–H and O–H groups in total. The molecule has 3 aliphatic carbocycles. The highest BCUT2D eigenvalue weighted by Gasteiger charge is 2.57. The van der Waals surface area contributed by atoms with E-state index in [4.69, 9.17) is 0 Å². The van der Waals surface area contributed by atoms with Crippen LogP contribution in [-0.4, -0.2) is 28.0 Å². The Kier molecular flexibility index (Phi) is 5.55. The number of rotatable bonds is 3. The number of halogens is 1. The first-order valence-electron chi connectivity index (χ1n) is 11.5. The molecule has 160 valence electrons. The second kappa shape index (κ2) is 7.59. The van der Waals surface area contributed by atoms with Gasteiger partial charge in [0.15, 0.2) is 0 Å². The molecule has 4 heteroatoms. The van der Waals surface area contributed by atoms with Crippen molar-refractivity contribution in [3.8, 4) is 5.75 Å². The zero-order valence-electron chi connectivity index (χ0n) is 18.5. The minimum atomic E-state index is 0.126. The van der Waals surface area contributed by atoms with Crippen LogP contribution in [0.1, 0.15) is 83.8 Å². The third kappa shape index (κ3) is 3.34. The molecule has 2 saturated carbocycles. The largest absolute Gasteiger partial charge is 0.508 e. The number of aryl methyl sites for hydroxylation is 1. The van der Waals surface area contributed by atoms with E-state index < -0.39 is 0 Å². The van der Waals surface area contributed by atoms with Gasteiger partial charge < -0.3 is 10.0 Å². The summed E-state index contributed by atoms with van der Waals surface area (Å²) in [5.74, 6) is 2.77. The van der Waals surface area contributed by atoms with Gasteiger partial charge in [0.2, 0.25) is 5.91 Å². The predicted molar refractivity (Wildman–Crippen MR) is 121 cm³/mol. The standard InChI is InChI=1S/C25H36BrNO2/c1-14(2)27(15(3)4)24(29)21-9-8-20-18-7-6-16-12-17(28)13-22(26)23(16)19(18)10-11-25(20,21)5/h12-15,18-21,28H,6-11H2,1-5H3/t18-,19+,20+,21-,25+/m1/s1. The van der Waals surface area contributed by atoms with E-state index in [0.717, 1.165) is 30.2 Å². The predicted octanol–water partition coefficient (Wildman–Crippen LogP) is 6.27. The minimum absolute atomic E-state index is 0.126. The molecule has 1 aromatic rings. The van der Waals surface area contributed by atoms with E-state index in [1.807, 2.05) is 12.1 Å². The summed E-state index contributed by atoms with van der Waals surface area (Å²) in [4.78, 5) is 15.8. The van der Waals surface area contributed by atoms with Gasteiger partial charge in [-0.3, -0.25) is 4.79 Å². The summed E-state index contributed by atoms with van der Waals surface area (Å²) >= 11 is 3.75. The molecule has 3 aliphatic rings. The maximum atomic E-state index is 13.6. The van der Waals surface area contributed by atoms with Crippen molar-refractivity contribution in [3.05, 3.63) is 27.7 Å². The highest BCUT2D eigenvalue weighted by molar-refractivity contribution is 9.10. The van der Waals surface area contributed by atoms with Gasteiger partial charge in [0.05, 0.1) is 0 Å². The lowest BCUT2D eigenvalue weighted by atomic mass is 9.54. The highest BCUT2D eigenvalue weighted by atomic mass is 79.9. The fourth-order valence-corrected chi connectivity index (χ4v) is 8.13. The third-order valence-corrected chi connectivity index (χ3v) is 9.08. The molecule has 0 heterocycles. The number of carbonyl (C=O) groups is 1. The molecule has 1 amide bonds. The Bertz CT molecular complexity index is 796. The van der Waals surface area contributed by atoms with Gasteiger partial charge in [0.1, 0.15) is 5.75 Å². The van der Waals surface area contributed by atoms with Crippen molar-refractivity contribution >= 4 is 21.8 Å². The summed E-state index contributed by atoms with van der Waals surface area (Å²) in [6.07, 6.45) is 6.74. The van der Waals surface area contributed by atoms with Crippen LogP contribution in [0, 0.1) is 23.2 Å². The monoisotopic (exact) mass is 461 g/mol. The summed E-state index contributed by atoms with van der Waals surface area (Å²) < 4.78 is 1.07. The van der Waals surface area contributed by atoms with Gasteiger partial charge in [-0.25, -0.2) is 0 Å². The molecule has 0 radical (unpaired) electrons. The molecule has 3 nitrogen and oxygen atoms in total. The van der Waals surface area contributed by atoms with Gasteiger partial charge in [-0.15, -0.1) is 0 Å². The SMILES string of the molecule is CC(C)N(C(=O)[C@H]1CC[C@H]2[C@@H]3CCc4cc(O)cc(Br)c4[C@H]3CC[C@]12C)C(C)C. The Hall–Kier alpha value is -1.03. The first-order valence-corrected chi connectivity index (χ1v) is 12.3. The number of nitrogens with zero attached hydrogens (tertiary/aromatic N) is 1. The van der Waals surface area contributed by atoms with Crippen LogP contribution in [0.4, 0.5) is 0 Å². The topological polar surface area (TPSA) is 40.5 Å². The van der Waals surface area contributed by atoms with Gasteiger partial charge in [-0.05, 0) is 113 Å². The summed E-state index contributed by atoms with van der Waals surface area (Å²) in [5, 5.41) is 10.0. The number of carbonyl (C=O) groups excluding carboxylic acids is 1. The second-order valence-corrected chi connectivity index (χ2v) is 11.4. The normalized spacial score (nSPS) is 33.4. The van der Waals surface area contributed by atoms with Gasteiger partial charge in [-0.2, -0.15) is 0 Å². The van der Waals surface area contributed by atoms with Gasteiger partial charge in [0.25, 0.3) is 0 Å². The van der Waals surface area contributed by atoms with Crippen LogP contribution >= 0.6 is 15.9 Å². The molecule has 5 atom stereocenters. The molecule has 0 spiro atoms. The molecule has 0 aromatic heterocycles. The maximum absolute atomic E-state index is 13.6. The highest BCUT2D eigenvalue weighted by Crippen LogP contribution is 2.64. The minimum Gasteiger partial charge on any atom is -0.508 e. The van der Waals surface area contributed by atoms with E-state index in [9.17, 15) is 9.90 Å². The van der Waals surface area contributed by atoms with Crippen molar-refractivity contribution in [2.75, 3.05) is 0 Å². The molecule has 0 saturated heterocycles. The Morgan fingerprint density at radius 1 is 1.14 bits per heavy atom. The molecule has 29 heavy (non-hydrogen) atoms. The number of hydrogen-bond donors (Lipinski definition) is 1. The maximum Gasteiger partial charge on any atom is 0.226 e. The second-order valence-electron chi connectivity index (χ2n) is 10.5. The Morgan fingerprint density at radius 3 is 2.48 bits per heavy atom. The lowest BCUT2D eigenvalue weighted by Gasteiger charge is -2.51. The van der Waals surface area contributed by atoms with Crippen molar-refractivity contribution in [1.82, 2.24) is 4.90 Å². The smallest absolute Gasteiger partial charge is 0.226 e. The first-order chi connectivity index (χ1) is 13.6. The zero-order chi connectivity index (χ0) is 21.1. The number of benzene rings is 1. The molecule has 2 fully saturated rings. The molecule has 1 aromatic carbocycles. The van der Waals surface area contributed by atoms with Gasteiger partial charge in [0, 0.05) is 22.5 Å². The summed E-state index contributed by atoms with van der Waals surface area (Å²) in [6.45, 7) is 11.0. The van der Waals surface area contributed by atoms with E-state index in [1.54, 1.807) is 0 Å². The van der Waals surface area contributed by atoms with Crippen LogP contribution in [0.5, 0.6) is 5.75 Å². The van der Waals surface area contributed by atoms with Crippen LogP contribution < -0.4 is 0 Å². The van der Waals surface area contributed by atoms with Crippen molar-refractivity contribution < 1.29 is 9.90 Å². The van der Waals surface area contributed by atoms with E-state index in [0.29, 0.717) is 29.4 Å². The van der Waals surface area contributed by atoms with Gasteiger partial charge >= 0.3 is 0 Å². The van der Waals surface area contributed by atoms with Crippen LogP contribution in [0.25, 0.3) is 0 Å². The van der Waals surface area contributed by atoms with Crippen LogP contribution in [-0.2, 0) is 11.2 Å². The van der Waals surface area contributed by atoms with E-state index in [-0.39, 0.29) is 23.4 Å². The lowest BCUT2D eigenvalue weighted by molar-refractivity contribution is -0.144. The van der Waals surface area contributed by atoms with E-state index in [2.05, 4.69) is 55.4 Å². The average Bonchev–Trinajstić information content (AvgIpc) is 2.97. The van der Waals surface area contributed by atoms with Crippen LogP contribution in [0.15, 0.2) is 16.6 Å². The molecule has 0 bridgehead atoms. The van der Waals surface area contributed by atoms with Crippen molar-refractivity contribution in [2.45, 2.75) is 91.1 Å². The Balaban J connectivity index is 1.63. The Labute approximate surface area is 184 Å². The van der Waals surface area contributed by atoms with E-state index >= 15 is 0 Å². The van der Waals surface area contributed by atoms with Gasteiger partial charge in [-0.1, -0.05) is 22.9 Å². The summed E-state index contributed by atoms with van der Waals surface area (Å²) in [7, 11) is 0. The van der Waals surface area contributed by atoms with Crippen LogP contribution in [0.2, 0.25) is 0 Å². The van der Waals surface area contributed by atoms with Crippen molar-refractivity contribution in [3.63, 3.8) is 0 Å². The number of phenols is 1. The molecular weight excluding hydrogens is 426 g/mol. The summed E-state index contributed by atoms with van der Waals surface area (Å²) in [6, 6.07) is 4.34. The molecule has 0 aliphatic heterocycles. The third-order valence-electron chi connectivity index (χ3n) is 8.42. The Morgan fingerprint density at radius 2 is 1.83 bits per heavy atom. The average molecular weight is 462 g/mol. The number of hydrogen-bond acceptors (Lipinski definition) is 2. The number of fused-ring (bicyclic) bond motifs is 5. The van der Waals surface area contributed by atoms with Crippen molar-refractivity contribution in [2.24, 2.45) is 23.2 Å². The zero-order valence-corrected chi connectivity index (χ0v) is 20.1. The summed E-state index contributed by atoms with van der Waals surface area (Å²) in [5.41, 5.74) is 2.88. The molecular formula is C25H36BrNO2. The van der Waals surface area contributed by atoms with Crippen molar-refractivity contribution in [1.29, 1.82) is 0 Å². The number of amides is 1. The fraction of sp³-hybridized carbons (Fsp3) is 0.720. The molecule has 4 rings (SSSR count).